The molecule has 1 amide bonds. The van der Waals surface area contributed by atoms with Crippen LogP contribution in [-0.4, -0.2) is 22.0 Å². The van der Waals surface area contributed by atoms with Crippen molar-refractivity contribution in [2.45, 2.75) is 19.4 Å². The van der Waals surface area contributed by atoms with Crippen molar-refractivity contribution >= 4 is 17.5 Å². The van der Waals surface area contributed by atoms with E-state index < -0.39 is 5.82 Å². The molecular weight excluding hydrogens is 353 g/mol. The van der Waals surface area contributed by atoms with E-state index >= 15 is 0 Å². The molecule has 0 saturated heterocycles. The Bertz CT molecular complexity index is 860. The molecule has 26 heavy (non-hydrogen) atoms. The van der Waals surface area contributed by atoms with Crippen molar-refractivity contribution in [3.63, 3.8) is 0 Å². The third kappa shape index (κ3) is 4.70. The molecular formula is C20H19ClFN3O. The molecule has 0 atom stereocenters. The minimum Gasteiger partial charge on any atom is -0.355 e. The highest BCUT2D eigenvalue weighted by Gasteiger charge is 2.12. The van der Waals surface area contributed by atoms with Crippen molar-refractivity contribution < 1.29 is 9.18 Å². The van der Waals surface area contributed by atoms with Gasteiger partial charge in [0.15, 0.2) is 0 Å². The topological polar surface area (TPSA) is 46.9 Å². The quantitative estimate of drug-likeness (QED) is 0.689. The maximum atomic E-state index is 13.7. The molecule has 0 aliphatic rings. The second-order valence-electron chi connectivity index (χ2n) is 5.93. The molecule has 3 rings (SSSR count). The molecule has 0 aliphatic heterocycles. The van der Waals surface area contributed by atoms with E-state index in [9.17, 15) is 9.18 Å². The first kappa shape index (κ1) is 18.1. The lowest BCUT2D eigenvalue weighted by molar-refractivity contribution is -0.120. The summed E-state index contributed by atoms with van der Waals surface area (Å²) in [4.78, 5) is 16.4. The zero-order chi connectivity index (χ0) is 18.4. The Balaban J connectivity index is 1.52. The molecule has 0 aliphatic carbocycles. The van der Waals surface area contributed by atoms with E-state index in [0.717, 1.165) is 12.4 Å². The van der Waals surface area contributed by atoms with Crippen LogP contribution in [0.1, 0.15) is 17.0 Å². The molecule has 0 unspecified atom stereocenters. The summed E-state index contributed by atoms with van der Waals surface area (Å²) in [6, 6.07) is 14.5. The average Bonchev–Trinajstić information content (AvgIpc) is 3.06. The highest BCUT2D eigenvalue weighted by atomic mass is 35.5. The molecule has 6 heteroatoms. The van der Waals surface area contributed by atoms with Gasteiger partial charge in [0.1, 0.15) is 11.6 Å². The largest absolute Gasteiger partial charge is 0.355 e. The van der Waals surface area contributed by atoms with Crippen LogP contribution < -0.4 is 5.32 Å². The van der Waals surface area contributed by atoms with Gasteiger partial charge in [0.2, 0.25) is 5.91 Å². The van der Waals surface area contributed by atoms with Gasteiger partial charge in [-0.2, -0.15) is 0 Å². The smallest absolute Gasteiger partial charge is 0.224 e. The molecule has 4 nitrogen and oxygen atoms in total. The van der Waals surface area contributed by atoms with E-state index in [4.69, 9.17) is 11.6 Å². The van der Waals surface area contributed by atoms with E-state index in [1.807, 2.05) is 24.4 Å². The van der Waals surface area contributed by atoms with Gasteiger partial charge in [0.25, 0.3) is 0 Å². The average molecular weight is 372 g/mol. The predicted molar refractivity (Wildman–Crippen MR) is 99.6 cm³/mol. The third-order valence-corrected chi connectivity index (χ3v) is 4.42. The van der Waals surface area contributed by atoms with Gasteiger partial charge in [-0.3, -0.25) is 4.79 Å². The van der Waals surface area contributed by atoms with Crippen molar-refractivity contribution in [2.24, 2.45) is 0 Å². The van der Waals surface area contributed by atoms with Crippen LogP contribution in [0.3, 0.4) is 0 Å². The first-order valence-electron chi connectivity index (χ1n) is 8.37. The first-order chi connectivity index (χ1) is 12.6. The van der Waals surface area contributed by atoms with Gasteiger partial charge in [-0.1, -0.05) is 48.0 Å². The predicted octanol–water partition coefficient (Wildman–Crippen LogP) is 3.63. The number of hydrogen-bond acceptors (Lipinski definition) is 2. The lowest BCUT2D eigenvalue weighted by atomic mass is 10.1. The molecule has 0 radical (unpaired) electrons. The van der Waals surface area contributed by atoms with E-state index in [0.29, 0.717) is 13.0 Å². The van der Waals surface area contributed by atoms with Crippen molar-refractivity contribution in [1.82, 2.24) is 14.9 Å². The number of carbonyl (C=O) groups is 1. The van der Waals surface area contributed by atoms with Crippen molar-refractivity contribution in [3.8, 4) is 0 Å². The van der Waals surface area contributed by atoms with Gasteiger partial charge in [-0.05, 0) is 17.7 Å². The molecule has 0 saturated carbocycles. The zero-order valence-electron chi connectivity index (χ0n) is 14.2. The number of benzene rings is 2. The summed E-state index contributed by atoms with van der Waals surface area (Å²) in [5.74, 6) is 0.155. The SMILES string of the molecule is O=C(Cc1c(F)cccc1Cl)NCCc1nccn1Cc1ccccc1. The van der Waals surface area contributed by atoms with Crippen LogP contribution in [0.2, 0.25) is 5.02 Å². The van der Waals surface area contributed by atoms with Gasteiger partial charge < -0.3 is 9.88 Å². The molecule has 134 valence electrons. The standard InChI is InChI=1S/C20H19ClFN3O/c21-17-7-4-8-18(22)16(17)13-20(26)24-10-9-19-23-11-12-25(19)14-15-5-2-1-3-6-15/h1-8,11-12H,9-10,13-14H2,(H,24,26). The lowest BCUT2D eigenvalue weighted by Gasteiger charge is -2.10. The molecule has 1 heterocycles. The van der Waals surface area contributed by atoms with Crippen LogP contribution >= 0.6 is 11.6 Å². The summed E-state index contributed by atoms with van der Waals surface area (Å²) in [6.45, 7) is 1.16. The van der Waals surface area contributed by atoms with Crippen LogP contribution in [0.4, 0.5) is 4.39 Å². The van der Waals surface area contributed by atoms with E-state index in [1.165, 1.54) is 17.7 Å². The molecule has 1 N–H and O–H groups in total. The summed E-state index contributed by atoms with van der Waals surface area (Å²) in [6.07, 6.45) is 4.18. The fourth-order valence-electron chi connectivity index (χ4n) is 2.73. The molecule has 1 aromatic heterocycles. The highest BCUT2D eigenvalue weighted by molar-refractivity contribution is 6.31. The zero-order valence-corrected chi connectivity index (χ0v) is 14.9. The van der Waals surface area contributed by atoms with Crippen LogP contribution in [-0.2, 0) is 24.2 Å². The Kier molecular flexibility index (Phi) is 6.02. The van der Waals surface area contributed by atoms with Gasteiger partial charge in [0, 0.05) is 42.5 Å². The fourth-order valence-corrected chi connectivity index (χ4v) is 2.96. The normalized spacial score (nSPS) is 10.7. The Labute approximate surface area is 156 Å². The Morgan fingerprint density at radius 2 is 1.96 bits per heavy atom. The number of imidazole rings is 1. The number of nitrogens with zero attached hydrogens (tertiary/aromatic N) is 2. The van der Waals surface area contributed by atoms with Gasteiger partial charge in [-0.15, -0.1) is 0 Å². The first-order valence-corrected chi connectivity index (χ1v) is 8.75. The van der Waals surface area contributed by atoms with Crippen LogP contribution in [0.15, 0.2) is 60.9 Å². The monoisotopic (exact) mass is 371 g/mol. The van der Waals surface area contributed by atoms with Crippen LogP contribution in [0, 0.1) is 5.82 Å². The number of amides is 1. The summed E-state index contributed by atoms with van der Waals surface area (Å²) in [7, 11) is 0. The molecule has 2 aromatic carbocycles. The minimum absolute atomic E-state index is 0.0794. The van der Waals surface area contributed by atoms with Crippen LogP contribution in [0.5, 0.6) is 0 Å². The summed E-state index contributed by atoms with van der Waals surface area (Å²) < 4.78 is 15.8. The van der Waals surface area contributed by atoms with Gasteiger partial charge in [0.05, 0.1) is 6.42 Å². The number of nitrogens with one attached hydrogen (secondary N) is 1. The number of aromatic nitrogens is 2. The number of hydrogen-bond donors (Lipinski definition) is 1. The lowest BCUT2D eigenvalue weighted by Crippen LogP contribution is -2.28. The van der Waals surface area contributed by atoms with E-state index in [2.05, 4.69) is 27.0 Å². The Morgan fingerprint density at radius 3 is 2.73 bits per heavy atom. The van der Waals surface area contributed by atoms with Crippen molar-refractivity contribution in [2.75, 3.05) is 6.54 Å². The van der Waals surface area contributed by atoms with Crippen molar-refractivity contribution in [3.05, 3.63) is 88.7 Å². The summed E-state index contributed by atoms with van der Waals surface area (Å²) >= 11 is 5.95. The van der Waals surface area contributed by atoms with Crippen LogP contribution in [0.25, 0.3) is 0 Å². The Hall–Kier alpha value is -2.66. The van der Waals surface area contributed by atoms with E-state index in [1.54, 1.807) is 12.3 Å². The van der Waals surface area contributed by atoms with Gasteiger partial charge >= 0.3 is 0 Å². The second kappa shape index (κ2) is 8.63. The summed E-state index contributed by atoms with van der Waals surface area (Å²) in [5, 5.41) is 3.06. The molecule has 0 bridgehead atoms. The highest BCUT2D eigenvalue weighted by Crippen LogP contribution is 2.19. The number of rotatable bonds is 7. The van der Waals surface area contributed by atoms with Gasteiger partial charge in [-0.25, -0.2) is 9.37 Å². The van der Waals surface area contributed by atoms with Crippen molar-refractivity contribution in [1.29, 1.82) is 0 Å². The third-order valence-electron chi connectivity index (χ3n) is 4.07. The summed E-state index contributed by atoms with van der Waals surface area (Å²) in [5.41, 5.74) is 1.40. The number of halogens is 2. The Morgan fingerprint density at radius 1 is 1.15 bits per heavy atom. The molecule has 3 aromatic rings. The second-order valence-corrected chi connectivity index (χ2v) is 6.34. The maximum Gasteiger partial charge on any atom is 0.224 e. The van der Waals surface area contributed by atoms with E-state index in [-0.39, 0.29) is 22.9 Å². The number of carbonyl (C=O) groups excluding carboxylic acids is 1. The fraction of sp³-hybridized carbons (Fsp3) is 0.200. The molecule has 0 spiro atoms. The maximum absolute atomic E-state index is 13.7. The molecule has 0 fully saturated rings. The minimum atomic E-state index is -0.467.